The normalized spacial score (nSPS) is 14.3. The minimum absolute atomic E-state index is 0. The van der Waals surface area contributed by atoms with Gasteiger partial charge in [0.15, 0.2) is 5.96 Å². The van der Waals surface area contributed by atoms with Gasteiger partial charge in [-0.2, -0.15) is 0 Å². The predicted octanol–water partition coefficient (Wildman–Crippen LogP) is 2.39. The van der Waals surface area contributed by atoms with Crippen molar-refractivity contribution in [3.05, 3.63) is 54.4 Å². The van der Waals surface area contributed by atoms with Gasteiger partial charge in [-0.1, -0.05) is 18.2 Å². The van der Waals surface area contributed by atoms with Crippen LogP contribution in [-0.2, 0) is 18.4 Å². The van der Waals surface area contributed by atoms with E-state index in [0.717, 1.165) is 45.2 Å². The fourth-order valence-electron chi connectivity index (χ4n) is 3.54. The molecule has 164 valence electrons. The van der Waals surface area contributed by atoms with E-state index in [-0.39, 0.29) is 36.4 Å². The third-order valence-electron chi connectivity index (χ3n) is 5.26. The number of carbonyl (C=O) groups excluding carboxylic acids is 1. The van der Waals surface area contributed by atoms with Crippen LogP contribution in [0.3, 0.4) is 0 Å². The van der Waals surface area contributed by atoms with Crippen molar-refractivity contribution in [3.8, 4) is 0 Å². The smallest absolute Gasteiger partial charge is 0.244 e. The molecule has 0 bridgehead atoms. The van der Waals surface area contributed by atoms with E-state index in [4.69, 9.17) is 0 Å². The number of hydrogen-bond donors (Lipinski definition) is 1. The SMILES string of the molecule is CCNC(=NCC(=O)N1CCN(c2ccccc2)CC1)N(C)Cc1cccn1C.I. The first-order valence-electron chi connectivity index (χ1n) is 10.3. The Morgan fingerprint density at radius 3 is 2.40 bits per heavy atom. The van der Waals surface area contributed by atoms with Crippen LogP contribution in [0.5, 0.6) is 0 Å². The molecule has 0 saturated carbocycles. The second-order valence-corrected chi connectivity index (χ2v) is 7.34. The molecule has 1 amide bonds. The Morgan fingerprint density at radius 1 is 1.10 bits per heavy atom. The fourth-order valence-corrected chi connectivity index (χ4v) is 3.54. The summed E-state index contributed by atoms with van der Waals surface area (Å²) in [5.74, 6) is 0.838. The monoisotopic (exact) mass is 524 g/mol. The van der Waals surface area contributed by atoms with E-state index in [1.165, 1.54) is 11.4 Å². The van der Waals surface area contributed by atoms with Gasteiger partial charge in [0, 0.05) is 64.4 Å². The molecule has 1 saturated heterocycles. The number of nitrogens with zero attached hydrogens (tertiary/aromatic N) is 5. The van der Waals surface area contributed by atoms with Gasteiger partial charge in [-0.3, -0.25) is 4.79 Å². The summed E-state index contributed by atoms with van der Waals surface area (Å²) < 4.78 is 2.09. The molecule has 0 unspecified atom stereocenters. The minimum atomic E-state index is 0. The van der Waals surface area contributed by atoms with Gasteiger partial charge in [-0.05, 0) is 31.2 Å². The maximum atomic E-state index is 12.7. The number of aliphatic imine (C=N–C) groups is 1. The Bertz CT molecular complexity index is 814. The van der Waals surface area contributed by atoms with Gasteiger partial charge in [0.2, 0.25) is 5.91 Å². The summed E-state index contributed by atoms with van der Waals surface area (Å²) in [5, 5.41) is 3.29. The Hall–Kier alpha value is -2.23. The van der Waals surface area contributed by atoms with Gasteiger partial charge in [0.1, 0.15) is 6.54 Å². The number of nitrogens with one attached hydrogen (secondary N) is 1. The van der Waals surface area contributed by atoms with Gasteiger partial charge in [-0.25, -0.2) is 4.99 Å². The van der Waals surface area contributed by atoms with Crippen LogP contribution < -0.4 is 10.2 Å². The number of anilines is 1. The lowest BCUT2D eigenvalue weighted by Gasteiger charge is -2.36. The van der Waals surface area contributed by atoms with Crippen molar-refractivity contribution >= 4 is 41.5 Å². The lowest BCUT2D eigenvalue weighted by Crippen LogP contribution is -2.49. The summed E-state index contributed by atoms with van der Waals surface area (Å²) in [6.07, 6.45) is 2.03. The Labute approximate surface area is 196 Å². The van der Waals surface area contributed by atoms with Crippen molar-refractivity contribution in [1.29, 1.82) is 0 Å². The number of benzene rings is 1. The van der Waals surface area contributed by atoms with Crippen LogP contribution in [0.1, 0.15) is 12.6 Å². The molecule has 1 N–H and O–H groups in total. The van der Waals surface area contributed by atoms with E-state index >= 15 is 0 Å². The van der Waals surface area contributed by atoms with Gasteiger partial charge >= 0.3 is 0 Å². The summed E-state index contributed by atoms with van der Waals surface area (Å²) in [6.45, 7) is 6.89. The standard InChI is InChI=1S/C22H32N6O.HI/c1-4-23-22(26(3)18-20-11-8-12-25(20)2)24-17-21(29)28-15-13-27(14-16-28)19-9-6-5-7-10-19;/h5-12H,4,13-18H2,1-3H3,(H,23,24);1H. The predicted molar refractivity (Wildman–Crippen MR) is 134 cm³/mol. The zero-order valence-corrected chi connectivity index (χ0v) is 20.5. The van der Waals surface area contributed by atoms with Crippen molar-refractivity contribution in [2.75, 3.05) is 51.2 Å². The molecule has 2 aromatic rings. The van der Waals surface area contributed by atoms with Crippen LogP contribution in [0.25, 0.3) is 0 Å². The molecule has 2 heterocycles. The number of guanidine groups is 1. The second kappa shape index (κ2) is 11.8. The first-order chi connectivity index (χ1) is 14.1. The highest BCUT2D eigenvalue weighted by Crippen LogP contribution is 2.15. The topological polar surface area (TPSA) is 56.1 Å². The van der Waals surface area contributed by atoms with Gasteiger partial charge in [0.25, 0.3) is 0 Å². The third-order valence-corrected chi connectivity index (χ3v) is 5.26. The summed E-state index contributed by atoms with van der Waals surface area (Å²) in [6, 6.07) is 14.5. The van der Waals surface area contributed by atoms with Gasteiger partial charge in [0.05, 0.1) is 6.54 Å². The quantitative estimate of drug-likeness (QED) is 0.359. The van der Waals surface area contributed by atoms with E-state index in [1.807, 2.05) is 44.2 Å². The number of halogens is 1. The van der Waals surface area contributed by atoms with Gasteiger partial charge in [-0.15, -0.1) is 24.0 Å². The minimum Gasteiger partial charge on any atom is -0.368 e. The molecular formula is C22H33IN6O. The highest BCUT2D eigenvalue weighted by atomic mass is 127. The summed E-state index contributed by atoms with van der Waals surface area (Å²) >= 11 is 0. The van der Waals surface area contributed by atoms with Crippen LogP contribution in [-0.4, -0.2) is 72.5 Å². The third kappa shape index (κ3) is 6.38. The average molecular weight is 524 g/mol. The van der Waals surface area contributed by atoms with Crippen LogP contribution in [0, 0.1) is 0 Å². The van der Waals surface area contributed by atoms with Crippen molar-refractivity contribution in [2.24, 2.45) is 12.0 Å². The molecular weight excluding hydrogens is 491 g/mol. The average Bonchev–Trinajstić information content (AvgIpc) is 3.16. The summed E-state index contributed by atoms with van der Waals surface area (Å²) in [7, 11) is 4.03. The molecule has 30 heavy (non-hydrogen) atoms. The maximum absolute atomic E-state index is 12.7. The molecule has 1 aromatic heterocycles. The fraction of sp³-hybridized carbons (Fsp3) is 0.455. The molecule has 0 radical (unpaired) electrons. The first kappa shape index (κ1) is 24.0. The number of amides is 1. The first-order valence-corrected chi connectivity index (χ1v) is 10.3. The van der Waals surface area contributed by atoms with Crippen molar-refractivity contribution in [3.63, 3.8) is 0 Å². The molecule has 7 nitrogen and oxygen atoms in total. The number of aryl methyl sites for hydroxylation is 1. The lowest BCUT2D eigenvalue weighted by molar-refractivity contribution is -0.129. The highest BCUT2D eigenvalue weighted by molar-refractivity contribution is 14.0. The zero-order chi connectivity index (χ0) is 20.6. The second-order valence-electron chi connectivity index (χ2n) is 7.34. The van der Waals surface area contributed by atoms with Gasteiger partial charge < -0.3 is 24.6 Å². The van der Waals surface area contributed by atoms with E-state index in [0.29, 0.717) is 0 Å². The van der Waals surface area contributed by atoms with Crippen molar-refractivity contribution in [2.45, 2.75) is 13.5 Å². The number of hydrogen-bond acceptors (Lipinski definition) is 3. The van der Waals surface area contributed by atoms with Crippen molar-refractivity contribution in [1.82, 2.24) is 19.7 Å². The number of piperazine rings is 1. The molecule has 1 aliphatic rings. The van der Waals surface area contributed by atoms with Crippen LogP contribution in [0.4, 0.5) is 5.69 Å². The highest BCUT2D eigenvalue weighted by Gasteiger charge is 2.21. The number of carbonyl (C=O) groups is 1. The van der Waals surface area contributed by atoms with Crippen LogP contribution in [0.2, 0.25) is 0 Å². The number of rotatable bonds is 6. The molecule has 1 aromatic carbocycles. The van der Waals surface area contributed by atoms with E-state index in [1.54, 1.807) is 0 Å². The van der Waals surface area contributed by atoms with E-state index < -0.39 is 0 Å². The molecule has 8 heteroatoms. The van der Waals surface area contributed by atoms with Crippen LogP contribution >= 0.6 is 24.0 Å². The summed E-state index contributed by atoms with van der Waals surface area (Å²) in [4.78, 5) is 23.6. The van der Waals surface area contributed by atoms with E-state index in [9.17, 15) is 4.79 Å². The van der Waals surface area contributed by atoms with Crippen molar-refractivity contribution < 1.29 is 4.79 Å². The van der Waals surface area contributed by atoms with Crippen LogP contribution in [0.15, 0.2) is 53.7 Å². The Balaban J connectivity index is 0.00000320. The largest absolute Gasteiger partial charge is 0.368 e. The summed E-state index contributed by atoms with van der Waals surface area (Å²) in [5.41, 5.74) is 2.41. The van der Waals surface area contributed by atoms with E-state index in [2.05, 4.69) is 55.0 Å². The molecule has 3 rings (SSSR count). The molecule has 0 aliphatic carbocycles. The number of para-hydroxylation sites is 1. The molecule has 0 atom stereocenters. The zero-order valence-electron chi connectivity index (χ0n) is 18.1. The lowest BCUT2D eigenvalue weighted by atomic mass is 10.2. The Kier molecular flexibility index (Phi) is 9.48. The number of aromatic nitrogens is 1. The molecule has 1 fully saturated rings. The Morgan fingerprint density at radius 2 is 1.80 bits per heavy atom. The molecule has 1 aliphatic heterocycles. The maximum Gasteiger partial charge on any atom is 0.244 e. The molecule has 0 spiro atoms.